The maximum atomic E-state index is 11.3. The largest absolute Gasteiger partial charge is 0.356 e. The predicted molar refractivity (Wildman–Crippen MR) is 63.1 cm³/mol. The molecule has 1 atom stereocenters. The van der Waals surface area contributed by atoms with E-state index in [1.807, 2.05) is 0 Å². The zero-order chi connectivity index (χ0) is 10.8. The standard InChI is InChI=1S/C10H17N3OS/c1-13(2)9(14)6-12-10-11-5-8(15-10)7-3-4-7/h7-8H,3-6H2,1-2H3,(H,11,12). The molecule has 0 bridgehead atoms. The first-order valence-electron chi connectivity index (χ1n) is 5.32. The number of amidine groups is 1. The molecular formula is C10H17N3OS. The molecule has 4 nitrogen and oxygen atoms in total. The Bertz CT molecular complexity index is 286. The summed E-state index contributed by atoms with van der Waals surface area (Å²) < 4.78 is 0. The van der Waals surface area contributed by atoms with Crippen LogP contribution in [0.4, 0.5) is 0 Å². The third-order valence-corrected chi connectivity index (χ3v) is 4.05. The molecule has 0 radical (unpaired) electrons. The van der Waals surface area contributed by atoms with Crippen molar-refractivity contribution >= 4 is 22.8 Å². The van der Waals surface area contributed by atoms with Crippen molar-refractivity contribution in [1.82, 2.24) is 10.2 Å². The Morgan fingerprint density at radius 1 is 1.60 bits per heavy atom. The van der Waals surface area contributed by atoms with Crippen LogP contribution in [0, 0.1) is 5.92 Å². The van der Waals surface area contributed by atoms with Crippen LogP contribution >= 0.6 is 11.8 Å². The van der Waals surface area contributed by atoms with Crippen LogP contribution in [0.1, 0.15) is 12.8 Å². The van der Waals surface area contributed by atoms with Crippen molar-refractivity contribution < 1.29 is 4.79 Å². The second-order valence-corrected chi connectivity index (χ2v) is 5.51. The molecule has 1 aliphatic heterocycles. The summed E-state index contributed by atoms with van der Waals surface area (Å²) in [6.07, 6.45) is 2.72. The van der Waals surface area contributed by atoms with Crippen molar-refractivity contribution in [1.29, 1.82) is 0 Å². The van der Waals surface area contributed by atoms with Gasteiger partial charge in [0.15, 0.2) is 5.17 Å². The molecule has 2 aliphatic rings. The molecule has 1 fully saturated rings. The van der Waals surface area contributed by atoms with Gasteiger partial charge in [-0.1, -0.05) is 11.8 Å². The number of rotatable bonds is 3. The first-order chi connectivity index (χ1) is 7.16. The van der Waals surface area contributed by atoms with Crippen molar-refractivity contribution in [2.45, 2.75) is 18.1 Å². The fourth-order valence-corrected chi connectivity index (χ4v) is 2.72. The van der Waals surface area contributed by atoms with Crippen LogP contribution in [0.3, 0.4) is 0 Å². The molecule has 1 unspecified atom stereocenters. The van der Waals surface area contributed by atoms with Crippen molar-refractivity contribution in [2.24, 2.45) is 10.9 Å². The minimum atomic E-state index is 0.0909. The van der Waals surface area contributed by atoms with Crippen molar-refractivity contribution in [3.8, 4) is 0 Å². The molecule has 1 heterocycles. The third kappa shape index (κ3) is 2.87. The van der Waals surface area contributed by atoms with Crippen LogP contribution in [-0.4, -0.2) is 48.4 Å². The quantitative estimate of drug-likeness (QED) is 0.765. The Hall–Kier alpha value is -0.710. The Labute approximate surface area is 94.5 Å². The zero-order valence-electron chi connectivity index (χ0n) is 9.19. The van der Waals surface area contributed by atoms with Gasteiger partial charge < -0.3 is 10.2 Å². The SMILES string of the molecule is CN(C)C(=O)CNC1=NCC(C2CC2)S1. The molecule has 0 saturated heterocycles. The van der Waals surface area contributed by atoms with Crippen LogP contribution in [0.2, 0.25) is 0 Å². The number of carbonyl (C=O) groups excluding carboxylic acids is 1. The molecule has 84 valence electrons. The smallest absolute Gasteiger partial charge is 0.241 e. The molecule has 1 N–H and O–H groups in total. The van der Waals surface area contributed by atoms with Crippen LogP contribution in [0.15, 0.2) is 4.99 Å². The molecule has 2 rings (SSSR count). The summed E-state index contributed by atoms with van der Waals surface area (Å²) in [5.74, 6) is 0.968. The molecule has 1 saturated carbocycles. The molecule has 1 amide bonds. The van der Waals surface area contributed by atoms with Crippen molar-refractivity contribution in [2.75, 3.05) is 27.2 Å². The molecule has 0 aromatic heterocycles. The third-order valence-electron chi connectivity index (χ3n) is 2.72. The average Bonchev–Trinajstić information content (AvgIpc) is 2.95. The summed E-state index contributed by atoms with van der Waals surface area (Å²) in [6.45, 7) is 1.28. The molecule has 1 aliphatic carbocycles. The van der Waals surface area contributed by atoms with Gasteiger partial charge in [0.2, 0.25) is 5.91 Å². The number of thioether (sulfide) groups is 1. The zero-order valence-corrected chi connectivity index (χ0v) is 10.0. The minimum Gasteiger partial charge on any atom is -0.356 e. The second-order valence-electron chi connectivity index (χ2n) is 4.28. The summed E-state index contributed by atoms with van der Waals surface area (Å²) in [4.78, 5) is 17.3. The Morgan fingerprint density at radius 3 is 2.93 bits per heavy atom. The molecule has 5 heteroatoms. The monoisotopic (exact) mass is 227 g/mol. The van der Waals surface area contributed by atoms with Gasteiger partial charge in [0.1, 0.15) is 0 Å². The number of likely N-dealkylation sites (N-methyl/N-ethyl adjacent to an activating group) is 1. The van der Waals surface area contributed by atoms with Gasteiger partial charge in [0.05, 0.1) is 13.1 Å². The Morgan fingerprint density at radius 2 is 2.33 bits per heavy atom. The van der Waals surface area contributed by atoms with E-state index in [4.69, 9.17) is 0 Å². The number of amides is 1. The van der Waals surface area contributed by atoms with Crippen LogP contribution in [-0.2, 0) is 4.79 Å². The van der Waals surface area contributed by atoms with Crippen molar-refractivity contribution in [3.63, 3.8) is 0 Å². The van der Waals surface area contributed by atoms with Gasteiger partial charge in [-0.05, 0) is 18.8 Å². The maximum Gasteiger partial charge on any atom is 0.241 e. The van der Waals surface area contributed by atoms with E-state index in [1.165, 1.54) is 12.8 Å². The maximum absolute atomic E-state index is 11.3. The number of aliphatic imine (C=N–C) groups is 1. The van der Waals surface area contributed by atoms with Crippen LogP contribution in [0.25, 0.3) is 0 Å². The van der Waals surface area contributed by atoms with Gasteiger partial charge in [-0.15, -0.1) is 0 Å². The van der Waals surface area contributed by atoms with E-state index in [9.17, 15) is 4.79 Å². The molecule has 0 aromatic carbocycles. The number of hydrogen-bond donors (Lipinski definition) is 1. The first kappa shape index (κ1) is 10.8. The lowest BCUT2D eigenvalue weighted by Crippen LogP contribution is -2.34. The molecule has 0 spiro atoms. The highest BCUT2D eigenvalue weighted by Crippen LogP contribution is 2.41. The highest BCUT2D eigenvalue weighted by Gasteiger charge is 2.35. The lowest BCUT2D eigenvalue weighted by molar-refractivity contribution is -0.127. The van der Waals surface area contributed by atoms with Gasteiger partial charge in [-0.25, -0.2) is 0 Å². The van der Waals surface area contributed by atoms with Crippen LogP contribution in [0.5, 0.6) is 0 Å². The molecular weight excluding hydrogens is 210 g/mol. The lowest BCUT2D eigenvalue weighted by Gasteiger charge is -2.11. The topological polar surface area (TPSA) is 44.7 Å². The van der Waals surface area contributed by atoms with E-state index in [0.29, 0.717) is 11.8 Å². The number of carbonyl (C=O) groups is 1. The fourth-order valence-electron chi connectivity index (χ4n) is 1.51. The normalized spacial score (nSPS) is 24.9. The van der Waals surface area contributed by atoms with Gasteiger partial charge >= 0.3 is 0 Å². The summed E-state index contributed by atoms with van der Waals surface area (Å²) in [5, 5.41) is 4.71. The van der Waals surface area contributed by atoms with E-state index in [2.05, 4.69) is 10.3 Å². The van der Waals surface area contributed by atoms with Gasteiger partial charge in [0, 0.05) is 19.3 Å². The predicted octanol–water partition coefficient (Wildman–Crippen LogP) is 0.546. The summed E-state index contributed by atoms with van der Waals surface area (Å²) in [5.41, 5.74) is 0. The highest BCUT2D eigenvalue weighted by atomic mass is 32.2. The van der Waals surface area contributed by atoms with Gasteiger partial charge in [0.25, 0.3) is 0 Å². The van der Waals surface area contributed by atoms with Crippen molar-refractivity contribution in [3.05, 3.63) is 0 Å². The summed E-state index contributed by atoms with van der Waals surface area (Å²) in [6, 6.07) is 0. The number of nitrogens with zero attached hydrogens (tertiary/aromatic N) is 2. The molecule has 15 heavy (non-hydrogen) atoms. The van der Waals surface area contributed by atoms with E-state index in [0.717, 1.165) is 17.6 Å². The van der Waals surface area contributed by atoms with Crippen LogP contribution < -0.4 is 5.32 Å². The Balaban J connectivity index is 1.70. The van der Waals surface area contributed by atoms with E-state index in [-0.39, 0.29) is 5.91 Å². The highest BCUT2D eigenvalue weighted by molar-refractivity contribution is 8.14. The van der Waals surface area contributed by atoms with E-state index in [1.54, 1.807) is 30.8 Å². The minimum absolute atomic E-state index is 0.0909. The summed E-state index contributed by atoms with van der Waals surface area (Å²) >= 11 is 1.80. The number of hydrogen-bond acceptors (Lipinski definition) is 4. The lowest BCUT2D eigenvalue weighted by atomic mass is 10.3. The Kier molecular flexibility index (Phi) is 3.19. The van der Waals surface area contributed by atoms with Gasteiger partial charge in [-0.2, -0.15) is 0 Å². The van der Waals surface area contributed by atoms with E-state index >= 15 is 0 Å². The van der Waals surface area contributed by atoms with E-state index < -0.39 is 0 Å². The summed E-state index contributed by atoms with van der Waals surface area (Å²) in [7, 11) is 3.53. The number of nitrogens with one attached hydrogen (secondary N) is 1. The fraction of sp³-hybridized carbons (Fsp3) is 0.800. The van der Waals surface area contributed by atoms with Gasteiger partial charge in [-0.3, -0.25) is 9.79 Å². The average molecular weight is 227 g/mol. The molecule has 0 aromatic rings. The first-order valence-corrected chi connectivity index (χ1v) is 6.20. The second kappa shape index (κ2) is 4.43.